The van der Waals surface area contributed by atoms with Crippen molar-refractivity contribution in [3.8, 4) is 11.1 Å². The summed E-state index contributed by atoms with van der Waals surface area (Å²) >= 11 is 0. The first-order valence-corrected chi connectivity index (χ1v) is 12.3. The van der Waals surface area contributed by atoms with Crippen LogP contribution in [-0.2, 0) is 14.3 Å². The van der Waals surface area contributed by atoms with E-state index in [1.54, 1.807) is 0 Å². The number of aliphatic carboxylic acids is 1. The van der Waals surface area contributed by atoms with E-state index in [0.29, 0.717) is 6.54 Å². The summed E-state index contributed by atoms with van der Waals surface area (Å²) in [5.74, 6) is -1.72. The number of piperidine rings is 1. The number of carboxylic acids is 1. The molecule has 35 heavy (non-hydrogen) atoms. The van der Waals surface area contributed by atoms with Crippen LogP contribution >= 0.6 is 0 Å². The molecule has 1 fully saturated rings. The van der Waals surface area contributed by atoms with Gasteiger partial charge in [0.05, 0.1) is 0 Å². The summed E-state index contributed by atoms with van der Waals surface area (Å²) in [6.07, 6.45) is 0.764. The molecule has 0 aromatic heterocycles. The minimum atomic E-state index is -1.02. The molecule has 2 amide bonds. The lowest BCUT2D eigenvalue weighted by Gasteiger charge is -2.45. The zero-order valence-electron chi connectivity index (χ0n) is 20.8. The Morgan fingerprint density at radius 2 is 1.63 bits per heavy atom. The third-order valence-electron chi connectivity index (χ3n) is 7.34. The van der Waals surface area contributed by atoms with Gasteiger partial charge in [-0.25, -0.2) is 9.59 Å². The summed E-state index contributed by atoms with van der Waals surface area (Å²) in [6, 6.07) is 14.4. The van der Waals surface area contributed by atoms with Crippen molar-refractivity contribution in [2.24, 2.45) is 11.3 Å². The number of hydrogen-bond donors (Lipinski definition) is 2. The van der Waals surface area contributed by atoms with Crippen LogP contribution in [0.4, 0.5) is 4.79 Å². The third-order valence-corrected chi connectivity index (χ3v) is 7.34. The summed E-state index contributed by atoms with van der Waals surface area (Å²) in [5.41, 5.74) is 3.95. The number of benzene rings is 2. The van der Waals surface area contributed by atoms with Crippen LogP contribution in [0, 0.1) is 11.3 Å². The van der Waals surface area contributed by atoms with Gasteiger partial charge in [0.2, 0.25) is 5.91 Å². The van der Waals surface area contributed by atoms with Crippen LogP contribution in [-0.4, -0.2) is 53.2 Å². The van der Waals surface area contributed by atoms with Crippen LogP contribution in [0.3, 0.4) is 0 Å². The van der Waals surface area contributed by atoms with Crippen LogP contribution in [0.25, 0.3) is 11.1 Å². The number of hydrogen-bond acceptors (Lipinski definition) is 4. The molecule has 2 aliphatic rings. The fourth-order valence-electron chi connectivity index (χ4n) is 5.56. The molecule has 4 rings (SSSR count). The van der Waals surface area contributed by atoms with E-state index < -0.39 is 29.6 Å². The van der Waals surface area contributed by atoms with Crippen LogP contribution in [0.5, 0.6) is 0 Å². The highest BCUT2D eigenvalue weighted by Crippen LogP contribution is 2.44. The van der Waals surface area contributed by atoms with Crippen LogP contribution in [0.15, 0.2) is 48.5 Å². The monoisotopic (exact) mass is 478 g/mol. The molecule has 2 unspecified atom stereocenters. The summed E-state index contributed by atoms with van der Waals surface area (Å²) in [6.45, 7) is 7.90. The molecule has 7 heteroatoms. The lowest BCUT2D eigenvalue weighted by Crippen LogP contribution is -2.61. The molecule has 2 atom stereocenters. The molecule has 2 N–H and O–H groups in total. The first-order chi connectivity index (χ1) is 16.6. The van der Waals surface area contributed by atoms with E-state index in [4.69, 9.17) is 4.74 Å². The van der Waals surface area contributed by atoms with Crippen LogP contribution < -0.4 is 5.32 Å². The lowest BCUT2D eigenvalue weighted by molar-refractivity contribution is -0.160. The standard InChI is InChI=1S/C28H34N2O5/c1-17(2)23(25(31)30-15-9-14-28(3,4)24(30)26(32)33)29-27(34)35-16-22-20-12-7-5-10-18(20)19-11-6-8-13-21(19)22/h5-8,10-13,17,22-24H,9,14-16H2,1-4H3,(H,29,34)(H,32,33). The van der Waals surface area contributed by atoms with Crippen molar-refractivity contribution < 1.29 is 24.2 Å². The van der Waals surface area contributed by atoms with Gasteiger partial charge in [0.25, 0.3) is 0 Å². The number of fused-ring (bicyclic) bond motifs is 3. The molecule has 0 radical (unpaired) electrons. The van der Waals surface area contributed by atoms with Gasteiger partial charge in [-0.05, 0) is 46.4 Å². The number of rotatable bonds is 6. The predicted octanol–water partition coefficient (Wildman–Crippen LogP) is 4.65. The van der Waals surface area contributed by atoms with Gasteiger partial charge >= 0.3 is 12.1 Å². The molecular formula is C28H34N2O5. The molecule has 1 aliphatic carbocycles. The normalized spacial score (nSPS) is 19.6. The zero-order valence-corrected chi connectivity index (χ0v) is 20.8. The smallest absolute Gasteiger partial charge is 0.407 e. The summed E-state index contributed by atoms with van der Waals surface area (Å²) in [5, 5.41) is 12.6. The first-order valence-electron chi connectivity index (χ1n) is 12.3. The Morgan fingerprint density at radius 3 is 2.17 bits per heavy atom. The second-order valence-corrected chi connectivity index (χ2v) is 10.6. The summed E-state index contributed by atoms with van der Waals surface area (Å²) in [4.78, 5) is 39.8. The molecule has 1 aliphatic heterocycles. The van der Waals surface area contributed by atoms with Gasteiger partial charge in [0.15, 0.2) is 0 Å². The number of amides is 2. The number of carbonyl (C=O) groups is 3. The maximum Gasteiger partial charge on any atom is 0.407 e. The van der Waals surface area contributed by atoms with Gasteiger partial charge in [-0.2, -0.15) is 0 Å². The fraction of sp³-hybridized carbons (Fsp3) is 0.464. The van der Waals surface area contributed by atoms with Crippen molar-refractivity contribution >= 4 is 18.0 Å². The van der Waals surface area contributed by atoms with Crippen molar-refractivity contribution in [1.82, 2.24) is 10.2 Å². The minimum Gasteiger partial charge on any atom is -0.480 e. The number of alkyl carbamates (subject to hydrolysis) is 1. The highest BCUT2D eigenvalue weighted by Gasteiger charge is 2.46. The Kier molecular flexibility index (Phi) is 6.88. The van der Waals surface area contributed by atoms with E-state index in [1.165, 1.54) is 4.90 Å². The van der Waals surface area contributed by atoms with E-state index in [2.05, 4.69) is 17.4 Å². The zero-order chi connectivity index (χ0) is 25.3. The third kappa shape index (κ3) is 4.77. The van der Waals surface area contributed by atoms with Crippen molar-refractivity contribution in [3.63, 3.8) is 0 Å². The number of carboxylic acid groups (broad SMARTS) is 1. The highest BCUT2D eigenvalue weighted by atomic mass is 16.5. The van der Waals surface area contributed by atoms with Crippen molar-refractivity contribution in [3.05, 3.63) is 59.7 Å². The van der Waals surface area contributed by atoms with Gasteiger partial charge in [0.1, 0.15) is 18.7 Å². The second-order valence-electron chi connectivity index (χ2n) is 10.6. The first kappa shape index (κ1) is 24.8. The van der Waals surface area contributed by atoms with Gasteiger partial charge in [0, 0.05) is 12.5 Å². The van der Waals surface area contributed by atoms with E-state index in [9.17, 15) is 19.5 Å². The maximum absolute atomic E-state index is 13.5. The largest absolute Gasteiger partial charge is 0.480 e. The van der Waals surface area contributed by atoms with Crippen LogP contribution in [0.1, 0.15) is 57.6 Å². The van der Waals surface area contributed by atoms with Crippen LogP contribution in [0.2, 0.25) is 0 Å². The number of carbonyl (C=O) groups excluding carboxylic acids is 2. The Balaban J connectivity index is 1.47. The van der Waals surface area contributed by atoms with Gasteiger partial charge in [-0.15, -0.1) is 0 Å². The molecule has 2 aromatic carbocycles. The molecule has 1 saturated heterocycles. The van der Waals surface area contributed by atoms with Gasteiger partial charge in [-0.1, -0.05) is 76.2 Å². The molecular weight excluding hydrogens is 444 g/mol. The maximum atomic E-state index is 13.5. The molecule has 7 nitrogen and oxygen atoms in total. The SMILES string of the molecule is CC(C)C(NC(=O)OCC1c2ccccc2-c2ccccc21)C(=O)N1CCCC(C)(C)C1C(=O)O. The Labute approximate surface area is 206 Å². The molecule has 186 valence electrons. The van der Waals surface area contributed by atoms with Gasteiger partial charge < -0.3 is 20.1 Å². The molecule has 1 heterocycles. The average molecular weight is 479 g/mol. The fourth-order valence-corrected chi connectivity index (χ4v) is 5.56. The summed E-state index contributed by atoms with van der Waals surface area (Å²) in [7, 11) is 0. The molecule has 0 bridgehead atoms. The second kappa shape index (κ2) is 9.72. The average Bonchev–Trinajstić information content (AvgIpc) is 3.13. The quantitative estimate of drug-likeness (QED) is 0.630. The van der Waals surface area contributed by atoms with Crippen molar-refractivity contribution in [2.45, 2.75) is 58.5 Å². The summed E-state index contributed by atoms with van der Waals surface area (Å²) < 4.78 is 5.64. The minimum absolute atomic E-state index is 0.0827. The molecule has 2 aromatic rings. The van der Waals surface area contributed by atoms with E-state index in [0.717, 1.165) is 35.1 Å². The predicted molar refractivity (Wildman–Crippen MR) is 133 cm³/mol. The van der Waals surface area contributed by atoms with E-state index >= 15 is 0 Å². The van der Waals surface area contributed by atoms with E-state index in [1.807, 2.05) is 64.1 Å². The lowest BCUT2D eigenvalue weighted by atomic mass is 9.76. The molecule has 0 saturated carbocycles. The Bertz CT molecular complexity index is 1080. The number of nitrogens with one attached hydrogen (secondary N) is 1. The van der Waals surface area contributed by atoms with Crippen molar-refractivity contribution in [1.29, 1.82) is 0 Å². The number of ether oxygens (including phenoxy) is 1. The molecule has 0 spiro atoms. The topological polar surface area (TPSA) is 95.9 Å². The highest BCUT2D eigenvalue weighted by molar-refractivity contribution is 5.90. The Hall–Kier alpha value is -3.35. The Morgan fingerprint density at radius 1 is 1.06 bits per heavy atom. The van der Waals surface area contributed by atoms with E-state index in [-0.39, 0.29) is 24.3 Å². The number of likely N-dealkylation sites (tertiary alicyclic amines) is 1. The van der Waals surface area contributed by atoms with Gasteiger partial charge in [-0.3, -0.25) is 4.79 Å². The number of nitrogens with zero attached hydrogens (tertiary/aromatic N) is 1. The van der Waals surface area contributed by atoms with Crippen molar-refractivity contribution in [2.75, 3.05) is 13.2 Å².